The Morgan fingerprint density at radius 1 is 1.29 bits per heavy atom. The molecule has 0 aliphatic carbocycles. The van der Waals surface area contributed by atoms with Gasteiger partial charge in [-0.15, -0.1) is 0 Å². The third-order valence-electron chi connectivity index (χ3n) is 2.67. The molecule has 0 aromatic heterocycles. The number of alkyl halides is 2. The summed E-state index contributed by atoms with van der Waals surface area (Å²) in [5.74, 6) is 0.769. The minimum absolute atomic E-state index is 0.0720. The van der Waals surface area contributed by atoms with E-state index in [1.165, 1.54) is 6.42 Å². The summed E-state index contributed by atoms with van der Waals surface area (Å²) in [6.07, 6.45) is 1.65. The van der Waals surface area contributed by atoms with Crippen molar-refractivity contribution in [2.24, 2.45) is 5.73 Å². The number of amides is 1. The van der Waals surface area contributed by atoms with E-state index in [0.29, 0.717) is 12.1 Å². The third-order valence-corrected chi connectivity index (χ3v) is 3.18. The van der Waals surface area contributed by atoms with Gasteiger partial charge in [-0.2, -0.15) is 0 Å². The molecule has 7 heteroatoms. The van der Waals surface area contributed by atoms with E-state index in [-0.39, 0.29) is 17.7 Å². The maximum atomic E-state index is 11.3. The first-order valence-corrected chi connectivity index (χ1v) is 10.3. The molecule has 0 saturated carbocycles. The summed E-state index contributed by atoms with van der Waals surface area (Å²) in [5, 5.41) is 11.7. The van der Waals surface area contributed by atoms with E-state index in [1.54, 1.807) is 0 Å². The fourth-order valence-corrected chi connectivity index (χ4v) is 1.88. The second-order valence-corrected chi connectivity index (χ2v) is 5.65. The molecule has 1 amide bonds. The lowest BCUT2D eigenvalue weighted by Crippen LogP contribution is -2.26. The standard InChI is InChI=1S/C13H17BrN2O3.C3H8.CH3Br/c1-8-2-3-11(16-12(17)7-14)5-9(8)4-10(15)6-13(18)19;1-3-2;1-2/h2-3,5,10H,4,6-7,15H2,1H3,(H,16,17)(H,18,19);3H2,1-2H3;1H3/t10-;;/m0../s1. The Labute approximate surface area is 161 Å². The van der Waals surface area contributed by atoms with Gasteiger partial charge in [0.05, 0.1) is 11.8 Å². The summed E-state index contributed by atoms with van der Waals surface area (Å²) in [4.78, 5) is 21.9. The van der Waals surface area contributed by atoms with E-state index in [1.807, 2.05) is 31.0 Å². The number of rotatable bonds is 6. The van der Waals surface area contributed by atoms with Crippen LogP contribution in [0.25, 0.3) is 0 Å². The molecule has 0 aliphatic heterocycles. The van der Waals surface area contributed by atoms with Gasteiger partial charge in [-0.25, -0.2) is 0 Å². The van der Waals surface area contributed by atoms with E-state index in [4.69, 9.17) is 10.8 Å². The average Bonchev–Trinajstić information content (AvgIpc) is 2.52. The summed E-state index contributed by atoms with van der Waals surface area (Å²) in [7, 11) is 0. The molecule has 24 heavy (non-hydrogen) atoms. The van der Waals surface area contributed by atoms with Crippen molar-refractivity contribution in [3.05, 3.63) is 29.3 Å². The molecule has 0 heterocycles. The maximum Gasteiger partial charge on any atom is 0.304 e. The quantitative estimate of drug-likeness (QED) is 0.549. The summed E-state index contributed by atoms with van der Waals surface area (Å²) in [6.45, 7) is 6.18. The van der Waals surface area contributed by atoms with Crippen LogP contribution in [0.1, 0.15) is 37.8 Å². The first-order chi connectivity index (χ1) is 11.3. The molecule has 1 aromatic carbocycles. The Morgan fingerprint density at radius 3 is 2.29 bits per heavy atom. The Balaban J connectivity index is 0. The van der Waals surface area contributed by atoms with Crippen molar-refractivity contribution in [2.45, 2.75) is 46.1 Å². The highest BCUT2D eigenvalue weighted by molar-refractivity contribution is 9.09. The van der Waals surface area contributed by atoms with Gasteiger partial charge in [-0.3, -0.25) is 9.59 Å². The monoisotopic (exact) mass is 466 g/mol. The predicted molar refractivity (Wildman–Crippen MR) is 108 cm³/mol. The number of carbonyl (C=O) groups excluding carboxylic acids is 1. The lowest BCUT2D eigenvalue weighted by Gasteiger charge is -2.13. The SMILES string of the molecule is CBr.CCC.Cc1ccc(NC(=O)CBr)cc1C[C@H](N)CC(=O)O. The fourth-order valence-electron chi connectivity index (χ4n) is 1.74. The number of hydrogen-bond donors (Lipinski definition) is 3. The van der Waals surface area contributed by atoms with Gasteiger partial charge in [-0.05, 0) is 42.4 Å². The minimum Gasteiger partial charge on any atom is -0.481 e. The van der Waals surface area contributed by atoms with Gasteiger partial charge in [-0.1, -0.05) is 58.2 Å². The van der Waals surface area contributed by atoms with Gasteiger partial charge in [0.15, 0.2) is 0 Å². The molecule has 0 spiro atoms. The molecule has 0 aliphatic rings. The number of halogens is 2. The van der Waals surface area contributed by atoms with E-state index in [9.17, 15) is 9.59 Å². The maximum absolute atomic E-state index is 11.3. The van der Waals surface area contributed by atoms with Crippen LogP contribution >= 0.6 is 31.9 Å². The fraction of sp³-hybridized carbons (Fsp3) is 0.529. The molecular weight excluding hydrogens is 440 g/mol. The first kappa shape index (κ1) is 25.3. The number of nitrogens with two attached hydrogens (primary N) is 1. The van der Waals surface area contributed by atoms with Crippen LogP contribution in [0.2, 0.25) is 0 Å². The average molecular weight is 468 g/mol. The molecule has 1 rings (SSSR count). The van der Waals surface area contributed by atoms with Crippen LogP contribution in [0.3, 0.4) is 0 Å². The second kappa shape index (κ2) is 15.6. The number of nitrogens with one attached hydrogen (secondary N) is 1. The number of carboxylic acid groups (broad SMARTS) is 1. The lowest BCUT2D eigenvalue weighted by molar-refractivity contribution is -0.137. The smallest absolute Gasteiger partial charge is 0.304 e. The Bertz CT molecular complexity index is 497. The molecule has 0 radical (unpaired) electrons. The van der Waals surface area contributed by atoms with E-state index < -0.39 is 12.0 Å². The lowest BCUT2D eigenvalue weighted by atomic mass is 9.99. The van der Waals surface area contributed by atoms with Gasteiger partial charge in [0, 0.05) is 11.7 Å². The molecular formula is C17H28Br2N2O3. The predicted octanol–water partition coefficient (Wildman–Crippen LogP) is 4.10. The Hall–Kier alpha value is -0.920. The molecule has 0 bridgehead atoms. The topological polar surface area (TPSA) is 92.4 Å². The van der Waals surface area contributed by atoms with Gasteiger partial charge in [0.2, 0.25) is 5.91 Å². The number of hydrogen-bond acceptors (Lipinski definition) is 3. The van der Waals surface area contributed by atoms with Gasteiger partial charge < -0.3 is 16.2 Å². The van der Waals surface area contributed by atoms with E-state index >= 15 is 0 Å². The zero-order valence-electron chi connectivity index (χ0n) is 14.7. The molecule has 0 fully saturated rings. The zero-order chi connectivity index (χ0) is 19.1. The normalized spacial score (nSPS) is 10.5. The molecule has 1 aromatic rings. The van der Waals surface area contributed by atoms with Crippen LogP contribution < -0.4 is 11.1 Å². The van der Waals surface area contributed by atoms with Crippen molar-refractivity contribution in [3.63, 3.8) is 0 Å². The van der Waals surface area contributed by atoms with Crippen molar-refractivity contribution in [1.82, 2.24) is 0 Å². The Kier molecular flexibility index (Phi) is 16.5. The number of anilines is 1. The molecule has 0 saturated heterocycles. The first-order valence-electron chi connectivity index (χ1n) is 7.64. The largest absolute Gasteiger partial charge is 0.481 e. The summed E-state index contributed by atoms with van der Waals surface area (Å²) in [6, 6.07) is 5.09. The summed E-state index contributed by atoms with van der Waals surface area (Å²) >= 11 is 6.01. The van der Waals surface area contributed by atoms with Gasteiger partial charge >= 0.3 is 5.97 Å². The number of aryl methyl sites for hydroxylation is 1. The molecule has 138 valence electrons. The van der Waals surface area contributed by atoms with Crippen LogP contribution in [0.5, 0.6) is 0 Å². The van der Waals surface area contributed by atoms with Crippen molar-refractivity contribution >= 4 is 49.4 Å². The number of aliphatic carboxylic acids is 1. The zero-order valence-corrected chi connectivity index (χ0v) is 17.9. The van der Waals surface area contributed by atoms with E-state index in [0.717, 1.165) is 11.1 Å². The number of benzene rings is 1. The number of carboxylic acids is 1. The highest BCUT2D eigenvalue weighted by Gasteiger charge is 2.11. The van der Waals surface area contributed by atoms with Gasteiger partial charge in [0.1, 0.15) is 0 Å². The van der Waals surface area contributed by atoms with Crippen molar-refractivity contribution in [3.8, 4) is 0 Å². The van der Waals surface area contributed by atoms with E-state index in [2.05, 4.69) is 51.0 Å². The van der Waals surface area contributed by atoms with Crippen molar-refractivity contribution in [1.29, 1.82) is 0 Å². The van der Waals surface area contributed by atoms with Crippen LogP contribution in [-0.2, 0) is 16.0 Å². The van der Waals surface area contributed by atoms with Crippen LogP contribution in [-0.4, -0.2) is 34.2 Å². The third kappa shape index (κ3) is 12.5. The van der Waals surface area contributed by atoms with Crippen LogP contribution in [0, 0.1) is 6.92 Å². The number of carbonyl (C=O) groups is 2. The molecule has 4 N–H and O–H groups in total. The molecule has 0 unspecified atom stereocenters. The second-order valence-electron chi connectivity index (χ2n) is 5.09. The van der Waals surface area contributed by atoms with Crippen molar-refractivity contribution in [2.75, 3.05) is 16.5 Å². The molecule has 5 nitrogen and oxygen atoms in total. The van der Waals surface area contributed by atoms with Crippen LogP contribution in [0.4, 0.5) is 5.69 Å². The highest BCUT2D eigenvalue weighted by Crippen LogP contribution is 2.17. The summed E-state index contributed by atoms with van der Waals surface area (Å²) in [5.41, 5.74) is 8.44. The van der Waals surface area contributed by atoms with Gasteiger partial charge in [0.25, 0.3) is 0 Å². The summed E-state index contributed by atoms with van der Waals surface area (Å²) < 4.78 is 0. The minimum atomic E-state index is -0.908. The Morgan fingerprint density at radius 2 is 1.83 bits per heavy atom. The highest BCUT2D eigenvalue weighted by atomic mass is 79.9. The van der Waals surface area contributed by atoms with Crippen molar-refractivity contribution < 1.29 is 14.7 Å². The van der Waals surface area contributed by atoms with Crippen LogP contribution in [0.15, 0.2) is 18.2 Å². The molecule has 1 atom stereocenters.